The van der Waals surface area contributed by atoms with Crippen LogP contribution in [0, 0.1) is 0 Å². The van der Waals surface area contributed by atoms with Crippen molar-refractivity contribution in [3.8, 4) is 55.6 Å². The molecule has 11 aromatic rings. The van der Waals surface area contributed by atoms with Gasteiger partial charge in [0.1, 0.15) is 0 Å². The minimum Gasteiger partial charge on any atom is -0.310 e. The van der Waals surface area contributed by atoms with Crippen LogP contribution in [0.25, 0.3) is 55.6 Å². The van der Waals surface area contributed by atoms with Gasteiger partial charge in [-0.1, -0.05) is 238 Å². The third-order valence-corrected chi connectivity index (χ3v) is 21.8. The predicted molar refractivity (Wildman–Crippen MR) is 303 cm³/mol. The van der Waals surface area contributed by atoms with Crippen molar-refractivity contribution in [3.05, 3.63) is 294 Å². The maximum atomic E-state index is 2.50. The molecule has 1 nitrogen and oxygen atoms in total. The third-order valence-electron chi connectivity index (χ3n) is 17.0. The standard InChI is InChI=1S/C70H49NSi/c1-69(2)61-29-12-6-23-53(61)57-41-39-50(45-66(57)69)71(49-40-42-65-60(44-49)56-26-9-15-32-64(56)70(65)62-30-13-7-24-54(62)55-25-8-14-31-63(55)70)48-37-35-46(36-38-48)47-19-18-22-52(43-47)72(51-20-4-3-5-21-51)67-33-16-10-27-58(67)59-28-11-17-34-68(59)72/h3-45H,1-2H3. The molecular formula is C70H49NSi. The summed E-state index contributed by atoms with van der Waals surface area (Å²) in [5.74, 6) is 0. The Labute approximate surface area is 423 Å². The van der Waals surface area contributed by atoms with Crippen LogP contribution in [0.3, 0.4) is 0 Å². The van der Waals surface area contributed by atoms with Crippen LogP contribution in [0.4, 0.5) is 17.1 Å². The van der Waals surface area contributed by atoms with E-state index in [-0.39, 0.29) is 5.41 Å². The van der Waals surface area contributed by atoms with Crippen LogP contribution in [0.2, 0.25) is 0 Å². The van der Waals surface area contributed by atoms with Gasteiger partial charge in [-0.05, 0) is 146 Å². The first-order valence-corrected chi connectivity index (χ1v) is 27.4. The molecule has 0 radical (unpaired) electrons. The van der Waals surface area contributed by atoms with Crippen molar-refractivity contribution >= 4 is 45.9 Å². The van der Waals surface area contributed by atoms with Gasteiger partial charge >= 0.3 is 0 Å². The fourth-order valence-electron chi connectivity index (χ4n) is 14.0. The van der Waals surface area contributed by atoms with Crippen LogP contribution in [-0.2, 0) is 10.8 Å². The highest BCUT2D eigenvalue weighted by Gasteiger charge is 2.52. The van der Waals surface area contributed by atoms with E-state index in [1.54, 1.807) is 0 Å². The van der Waals surface area contributed by atoms with E-state index in [0.29, 0.717) is 0 Å². The monoisotopic (exact) mass is 931 g/mol. The van der Waals surface area contributed by atoms with Crippen molar-refractivity contribution in [1.82, 2.24) is 0 Å². The molecular weight excluding hydrogens is 883 g/mol. The number of hydrogen-bond donors (Lipinski definition) is 0. The molecule has 1 spiro atoms. The minimum atomic E-state index is -2.64. The molecule has 1 aliphatic heterocycles. The first-order valence-electron chi connectivity index (χ1n) is 25.4. The Morgan fingerprint density at radius 2 is 0.722 bits per heavy atom. The van der Waals surface area contributed by atoms with E-state index in [1.807, 2.05) is 0 Å². The van der Waals surface area contributed by atoms with Crippen molar-refractivity contribution in [3.63, 3.8) is 0 Å². The molecule has 0 N–H and O–H groups in total. The zero-order chi connectivity index (χ0) is 47.8. The first kappa shape index (κ1) is 41.2. The van der Waals surface area contributed by atoms with Gasteiger partial charge < -0.3 is 4.90 Å². The molecule has 0 aromatic heterocycles. The van der Waals surface area contributed by atoms with Crippen LogP contribution < -0.4 is 25.6 Å². The normalized spacial score (nSPS) is 14.9. The smallest absolute Gasteiger partial charge is 0.180 e. The second-order valence-corrected chi connectivity index (χ2v) is 24.4. The SMILES string of the molecule is CC1(C)c2ccccc2-c2ccc(N(c3ccc(-c4cccc([Si]5(c6ccccc6)c6ccccc6-c6ccccc65)c4)cc3)c3ccc4c(c3)-c3ccccc3C43c4ccccc4-c4ccccc43)cc21. The highest BCUT2D eigenvalue weighted by Crippen LogP contribution is 2.63. The summed E-state index contributed by atoms with van der Waals surface area (Å²) in [6.45, 7) is 4.76. The Hall–Kier alpha value is -8.56. The van der Waals surface area contributed by atoms with Gasteiger partial charge in [-0.2, -0.15) is 0 Å². The van der Waals surface area contributed by atoms with Gasteiger partial charge in [0.05, 0.1) is 5.41 Å². The zero-order valence-electron chi connectivity index (χ0n) is 40.3. The molecule has 72 heavy (non-hydrogen) atoms. The van der Waals surface area contributed by atoms with E-state index in [2.05, 4.69) is 280 Å². The van der Waals surface area contributed by atoms with E-state index in [9.17, 15) is 0 Å². The van der Waals surface area contributed by atoms with Gasteiger partial charge in [-0.3, -0.25) is 0 Å². The van der Waals surface area contributed by atoms with Crippen LogP contribution in [-0.4, -0.2) is 8.07 Å². The molecule has 0 saturated carbocycles. The van der Waals surface area contributed by atoms with Crippen molar-refractivity contribution in [2.24, 2.45) is 0 Å². The van der Waals surface area contributed by atoms with E-state index >= 15 is 0 Å². The highest BCUT2D eigenvalue weighted by atomic mass is 28.3. The highest BCUT2D eigenvalue weighted by molar-refractivity contribution is 7.22. The van der Waals surface area contributed by atoms with Gasteiger partial charge in [-0.25, -0.2) is 0 Å². The molecule has 0 atom stereocenters. The first-order chi connectivity index (χ1) is 35.5. The molecule has 2 heteroatoms. The average molecular weight is 932 g/mol. The van der Waals surface area contributed by atoms with Gasteiger partial charge in [0.25, 0.3) is 0 Å². The summed E-state index contributed by atoms with van der Waals surface area (Å²) in [7, 11) is -2.64. The molecule has 0 amide bonds. The summed E-state index contributed by atoms with van der Waals surface area (Å²) in [4.78, 5) is 2.49. The lowest BCUT2D eigenvalue weighted by atomic mass is 9.70. The van der Waals surface area contributed by atoms with Gasteiger partial charge in [0, 0.05) is 22.5 Å². The summed E-state index contributed by atoms with van der Waals surface area (Å²) in [6.07, 6.45) is 0. The maximum Gasteiger partial charge on any atom is 0.180 e. The molecule has 1 heterocycles. The van der Waals surface area contributed by atoms with Crippen molar-refractivity contribution in [1.29, 1.82) is 0 Å². The second kappa shape index (κ2) is 15.2. The van der Waals surface area contributed by atoms with Gasteiger partial charge in [-0.15, -0.1) is 0 Å². The van der Waals surface area contributed by atoms with Crippen molar-refractivity contribution in [2.45, 2.75) is 24.7 Å². The number of hydrogen-bond acceptors (Lipinski definition) is 1. The summed E-state index contributed by atoms with van der Waals surface area (Å²) in [5, 5.41) is 5.74. The molecule has 4 aliphatic rings. The molecule has 0 fully saturated rings. The number of nitrogens with zero attached hydrogens (tertiary/aromatic N) is 1. The number of rotatable bonds is 6. The Kier molecular flexibility index (Phi) is 8.72. The lowest BCUT2D eigenvalue weighted by Gasteiger charge is -2.32. The number of benzene rings is 11. The molecule has 15 rings (SSSR count). The fourth-order valence-corrected chi connectivity index (χ4v) is 19.2. The summed E-state index contributed by atoms with van der Waals surface area (Å²) < 4.78 is 0. The van der Waals surface area contributed by atoms with Crippen LogP contribution in [0.15, 0.2) is 261 Å². The Bertz CT molecular complexity index is 3940. The summed E-state index contributed by atoms with van der Waals surface area (Å²) in [5.41, 5.74) is 24.1. The molecule has 338 valence electrons. The Morgan fingerprint density at radius 1 is 0.278 bits per heavy atom. The second-order valence-electron chi connectivity index (χ2n) is 20.7. The van der Waals surface area contributed by atoms with E-state index in [0.717, 1.165) is 17.1 Å². The third kappa shape index (κ3) is 5.42. The summed E-state index contributed by atoms with van der Waals surface area (Å²) >= 11 is 0. The quantitative estimate of drug-likeness (QED) is 0.150. The molecule has 0 bridgehead atoms. The van der Waals surface area contributed by atoms with E-state index in [1.165, 1.54) is 110 Å². The van der Waals surface area contributed by atoms with Crippen LogP contribution >= 0.6 is 0 Å². The van der Waals surface area contributed by atoms with Crippen LogP contribution in [0.1, 0.15) is 47.2 Å². The van der Waals surface area contributed by atoms with Crippen LogP contribution in [0.5, 0.6) is 0 Å². The largest absolute Gasteiger partial charge is 0.310 e. The summed E-state index contributed by atoms with van der Waals surface area (Å²) in [6, 6.07) is 99.1. The topological polar surface area (TPSA) is 3.24 Å². The number of fused-ring (bicyclic) bond motifs is 16. The molecule has 3 aliphatic carbocycles. The Balaban J connectivity index is 0.896. The van der Waals surface area contributed by atoms with E-state index < -0.39 is 13.5 Å². The Morgan fingerprint density at radius 3 is 1.35 bits per heavy atom. The molecule has 11 aromatic carbocycles. The zero-order valence-corrected chi connectivity index (χ0v) is 41.3. The maximum absolute atomic E-state index is 2.64. The minimum absolute atomic E-state index is 0.143. The lowest BCUT2D eigenvalue weighted by molar-refractivity contribution is 0.660. The average Bonchev–Trinajstić information content (AvgIpc) is 4.10. The van der Waals surface area contributed by atoms with Crippen molar-refractivity contribution in [2.75, 3.05) is 4.90 Å². The van der Waals surface area contributed by atoms with Crippen molar-refractivity contribution < 1.29 is 0 Å². The van der Waals surface area contributed by atoms with Gasteiger partial charge in [0.2, 0.25) is 0 Å². The van der Waals surface area contributed by atoms with E-state index in [4.69, 9.17) is 0 Å². The predicted octanol–water partition coefficient (Wildman–Crippen LogP) is 14.8. The fraction of sp³-hybridized carbons (Fsp3) is 0.0571. The lowest BCUT2D eigenvalue weighted by Crippen LogP contribution is -2.72. The number of anilines is 3. The molecule has 0 unspecified atom stereocenters. The molecule has 0 saturated heterocycles. The van der Waals surface area contributed by atoms with Gasteiger partial charge in [0.15, 0.2) is 8.07 Å².